The zero-order valence-corrected chi connectivity index (χ0v) is 17.1. The Morgan fingerprint density at radius 1 is 1.48 bits per heavy atom. The van der Waals surface area contributed by atoms with E-state index >= 15 is 0 Å². The first-order chi connectivity index (χ1) is 13.1. The van der Waals surface area contributed by atoms with Gasteiger partial charge in [-0.25, -0.2) is 4.79 Å². The number of anilines is 1. The smallest absolute Gasteiger partial charge is 0.319 e. The first kappa shape index (κ1) is 20.1. The van der Waals surface area contributed by atoms with E-state index in [0.717, 1.165) is 42.6 Å². The SMILES string of the molecule is C#CCN(C)CC1CN2CCC1CC2CNC(=O)Nc1cccc(SC)c1. The molecule has 146 valence electrons. The van der Waals surface area contributed by atoms with Crippen molar-refractivity contribution in [3.63, 3.8) is 0 Å². The van der Waals surface area contributed by atoms with E-state index in [1.807, 2.05) is 30.5 Å². The molecule has 2 N–H and O–H groups in total. The molecule has 2 amide bonds. The Balaban J connectivity index is 1.45. The van der Waals surface area contributed by atoms with E-state index in [1.54, 1.807) is 11.8 Å². The monoisotopic (exact) mass is 386 g/mol. The Hall–Kier alpha value is -1.68. The van der Waals surface area contributed by atoms with Crippen molar-refractivity contribution in [1.82, 2.24) is 15.1 Å². The Morgan fingerprint density at radius 3 is 3.04 bits per heavy atom. The molecule has 3 heterocycles. The number of terminal acetylenes is 1. The summed E-state index contributed by atoms with van der Waals surface area (Å²) in [4.78, 5) is 18.2. The zero-order valence-electron chi connectivity index (χ0n) is 16.3. The van der Waals surface area contributed by atoms with Crippen LogP contribution in [0.4, 0.5) is 10.5 Å². The van der Waals surface area contributed by atoms with Crippen molar-refractivity contribution < 1.29 is 4.79 Å². The summed E-state index contributed by atoms with van der Waals surface area (Å²) in [6, 6.07) is 8.24. The number of piperidine rings is 3. The maximum absolute atomic E-state index is 12.3. The second kappa shape index (κ2) is 9.50. The lowest BCUT2D eigenvalue weighted by Crippen LogP contribution is -2.58. The molecule has 5 nitrogen and oxygen atoms in total. The minimum Gasteiger partial charge on any atom is -0.336 e. The fourth-order valence-electron chi connectivity index (χ4n) is 4.38. The molecule has 1 aromatic rings. The number of nitrogens with zero attached hydrogens (tertiary/aromatic N) is 2. The maximum Gasteiger partial charge on any atom is 0.319 e. The molecular weight excluding hydrogens is 356 g/mol. The normalized spacial score (nSPS) is 26.6. The lowest BCUT2D eigenvalue weighted by molar-refractivity contribution is -0.00692. The van der Waals surface area contributed by atoms with E-state index < -0.39 is 0 Å². The molecule has 0 radical (unpaired) electrons. The van der Waals surface area contributed by atoms with Crippen LogP contribution >= 0.6 is 11.8 Å². The van der Waals surface area contributed by atoms with Gasteiger partial charge in [0.2, 0.25) is 0 Å². The maximum atomic E-state index is 12.3. The van der Waals surface area contributed by atoms with Crippen LogP contribution in [0.2, 0.25) is 0 Å². The largest absolute Gasteiger partial charge is 0.336 e. The molecule has 4 atom stereocenters. The van der Waals surface area contributed by atoms with Crippen molar-refractivity contribution in [3.05, 3.63) is 24.3 Å². The van der Waals surface area contributed by atoms with Crippen LogP contribution in [0.15, 0.2) is 29.2 Å². The molecule has 27 heavy (non-hydrogen) atoms. The van der Waals surface area contributed by atoms with Crippen molar-refractivity contribution in [1.29, 1.82) is 0 Å². The third-order valence-electron chi connectivity index (χ3n) is 5.75. The summed E-state index contributed by atoms with van der Waals surface area (Å²) in [7, 11) is 2.10. The molecule has 3 aliphatic rings. The van der Waals surface area contributed by atoms with E-state index in [-0.39, 0.29) is 6.03 Å². The number of fused-ring (bicyclic) bond motifs is 3. The summed E-state index contributed by atoms with van der Waals surface area (Å²) in [6.07, 6.45) is 9.88. The summed E-state index contributed by atoms with van der Waals surface area (Å²) in [5.41, 5.74) is 0.835. The average molecular weight is 387 g/mol. The zero-order chi connectivity index (χ0) is 19.2. The van der Waals surface area contributed by atoms with Gasteiger partial charge < -0.3 is 10.6 Å². The number of hydrogen-bond acceptors (Lipinski definition) is 4. The van der Waals surface area contributed by atoms with Gasteiger partial charge in [0.15, 0.2) is 0 Å². The van der Waals surface area contributed by atoms with Crippen LogP contribution < -0.4 is 10.6 Å². The minimum atomic E-state index is -0.124. The number of benzene rings is 1. The number of carbonyl (C=O) groups is 1. The standard InChI is InChI=1S/C21H30N4OS/c1-4-9-24(2)14-17-15-25-10-8-16(17)11-19(25)13-22-21(26)23-18-6-5-7-20(12-18)27-3/h1,5-7,12,16-17,19H,8-11,13-15H2,2-3H3,(H2,22,23,26). The van der Waals surface area contributed by atoms with Gasteiger partial charge in [0.05, 0.1) is 6.54 Å². The molecule has 6 heteroatoms. The van der Waals surface area contributed by atoms with Gasteiger partial charge in [0.25, 0.3) is 0 Å². The van der Waals surface area contributed by atoms with Crippen LogP contribution in [-0.2, 0) is 0 Å². The fraction of sp³-hybridized carbons (Fsp3) is 0.571. The fourth-order valence-corrected chi connectivity index (χ4v) is 4.84. The molecule has 3 saturated heterocycles. The van der Waals surface area contributed by atoms with Gasteiger partial charge in [-0.1, -0.05) is 12.0 Å². The highest BCUT2D eigenvalue weighted by Gasteiger charge is 2.40. The molecule has 0 spiro atoms. The first-order valence-corrected chi connectivity index (χ1v) is 10.9. The van der Waals surface area contributed by atoms with E-state index in [4.69, 9.17) is 6.42 Å². The molecule has 1 aromatic carbocycles. The third kappa shape index (κ3) is 5.41. The molecule has 2 bridgehead atoms. The van der Waals surface area contributed by atoms with Gasteiger partial charge in [0, 0.05) is 36.3 Å². The van der Waals surface area contributed by atoms with Gasteiger partial charge in [-0.15, -0.1) is 18.2 Å². The van der Waals surface area contributed by atoms with Crippen molar-refractivity contribution >= 4 is 23.5 Å². The number of hydrogen-bond donors (Lipinski definition) is 2. The number of rotatable bonds is 7. The van der Waals surface area contributed by atoms with Crippen molar-refractivity contribution in [2.24, 2.45) is 11.8 Å². The van der Waals surface area contributed by atoms with Crippen molar-refractivity contribution in [2.45, 2.75) is 23.8 Å². The Morgan fingerprint density at radius 2 is 2.33 bits per heavy atom. The Labute approximate surface area is 167 Å². The Kier molecular flexibility index (Phi) is 7.06. The highest BCUT2D eigenvalue weighted by atomic mass is 32.2. The van der Waals surface area contributed by atoms with Crippen LogP contribution in [0.5, 0.6) is 0 Å². The van der Waals surface area contributed by atoms with Crippen LogP contribution in [0.1, 0.15) is 12.8 Å². The summed E-state index contributed by atoms with van der Waals surface area (Å²) in [5.74, 6) is 4.16. The molecule has 3 aliphatic heterocycles. The van der Waals surface area contributed by atoms with Crippen LogP contribution in [0.3, 0.4) is 0 Å². The quantitative estimate of drug-likeness (QED) is 0.559. The summed E-state index contributed by atoms with van der Waals surface area (Å²) in [6.45, 7) is 4.74. The highest BCUT2D eigenvalue weighted by molar-refractivity contribution is 7.98. The van der Waals surface area contributed by atoms with Crippen LogP contribution in [0, 0.1) is 24.2 Å². The second-order valence-corrected chi connectivity index (χ2v) is 8.54. The van der Waals surface area contributed by atoms with Crippen molar-refractivity contribution in [3.8, 4) is 12.3 Å². The molecule has 4 rings (SSSR count). The molecule has 0 saturated carbocycles. The molecular formula is C21H30N4OS. The molecule has 4 unspecified atom stereocenters. The number of carbonyl (C=O) groups excluding carboxylic acids is 1. The van der Waals surface area contributed by atoms with Gasteiger partial charge >= 0.3 is 6.03 Å². The Bertz CT molecular complexity index is 689. The van der Waals surface area contributed by atoms with Crippen LogP contribution in [0.25, 0.3) is 0 Å². The van der Waals surface area contributed by atoms with Gasteiger partial charge in [-0.05, 0) is 62.7 Å². The van der Waals surface area contributed by atoms with E-state index in [9.17, 15) is 4.79 Å². The number of thioether (sulfide) groups is 1. The second-order valence-electron chi connectivity index (χ2n) is 7.66. The van der Waals surface area contributed by atoms with E-state index in [0.29, 0.717) is 25.0 Å². The predicted molar refractivity (Wildman–Crippen MR) is 113 cm³/mol. The number of nitrogens with one attached hydrogen (secondary N) is 2. The topological polar surface area (TPSA) is 47.6 Å². The summed E-state index contributed by atoms with van der Waals surface area (Å²) < 4.78 is 0. The van der Waals surface area contributed by atoms with Gasteiger partial charge in [-0.2, -0.15) is 0 Å². The predicted octanol–water partition coefficient (Wildman–Crippen LogP) is 2.81. The van der Waals surface area contributed by atoms with Gasteiger partial charge in [-0.3, -0.25) is 9.80 Å². The average Bonchev–Trinajstić information content (AvgIpc) is 2.67. The lowest BCUT2D eigenvalue weighted by Gasteiger charge is -2.50. The molecule has 0 aromatic heterocycles. The van der Waals surface area contributed by atoms with Crippen molar-refractivity contribution in [2.75, 3.05) is 51.3 Å². The molecule has 3 fully saturated rings. The summed E-state index contributed by atoms with van der Waals surface area (Å²) in [5, 5.41) is 6.01. The lowest BCUT2D eigenvalue weighted by atomic mass is 9.75. The van der Waals surface area contributed by atoms with E-state index in [2.05, 4.69) is 33.4 Å². The summed E-state index contributed by atoms with van der Waals surface area (Å²) >= 11 is 1.67. The molecule has 0 aliphatic carbocycles. The minimum absolute atomic E-state index is 0.124. The first-order valence-electron chi connectivity index (χ1n) is 9.64. The van der Waals surface area contributed by atoms with Crippen LogP contribution in [-0.4, -0.2) is 67.9 Å². The highest BCUT2D eigenvalue weighted by Crippen LogP contribution is 2.36. The van der Waals surface area contributed by atoms with Gasteiger partial charge in [0.1, 0.15) is 0 Å². The number of amides is 2. The third-order valence-corrected chi connectivity index (χ3v) is 6.47. The van der Waals surface area contributed by atoms with E-state index in [1.165, 1.54) is 6.42 Å². The number of urea groups is 1.